The molecular weight excluding hydrogens is 1000 g/mol. The Balaban J connectivity index is 1.05. The monoisotopic (exact) mass is 1060 g/mol. The molecule has 0 N–H and O–H groups in total. The van der Waals surface area contributed by atoms with Crippen LogP contribution in [0.25, 0.3) is 49.7 Å². The van der Waals surface area contributed by atoms with Crippen molar-refractivity contribution in [2.45, 2.75) is 10.8 Å². The molecule has 2 aliphatic rings. The minimum absolute atomic E-state index is 0.627. The third-order valence-electron chi connectivity index (χ3n) is 17.7. The van der Waals surface area contributed by atoms with Crippen LogP contribution in [0.5, 0.6) is 0 Å². The highest BCUT2D eigenvalue weighted by Gasteiger charge is 2.48. The van der Waals surface area contributed by atoms with E-state index < -0.39 is 10.8 Å². The number of nitrogens with zero attached hydrogens (tertiary/aromatic N) is 3. The van der Waals surface area contributed by atoms with Crippen LogP contribution in [-0.4, -0.2) is 4.57 Å². The normalized spacial score (nSPS) is 13.3. The molecule has 0 radical (unpaired) electrons. The van der Waals surface area contributed by atoms with Crippen LogP contribution in [0.2, 0.25) is 0 Å². The molecule has 2 aliphatic carbocycles. The summed E-state index contributed by atoms with van der Waals surface area (Å²) in [5.41, 5.74) is 23.3. The minimum atomic E-state index is -0.627. The fourth-order valence-corrected chi connectivity index (χ4v) is 14.4. The van der Waals surface area contributed by atoms with Crippen LogP contribution in [0.4, 0.5) is 34.1 Å². The maximum Gasteiger partial charge on any atom is 0.0714 e. The predicted molar refractivity (Wildman–Crippen MR) is 345 cm³/mol. The van der Waals surface area contributed by atoms with E-state index >= 15 is 0 Å². The van der Waals surface area contributed by atoms with Crippen molar-refractivity contribution >= 4 is 55.9 Å². The zero-order chi connectivity index (χ0) is 54.9. The maximum absolute atomic E-state index is 2.55. The molecule has 83 heavy (non-hydrogen) atoms. The van der Waals surface area contributed by atoms with Crippen molar-refractivity contribution in [2.75, 3.05) is 9.80 Å². The van der Waals surface area contributed by atoms with Gasteiger partial charge in [-0.3, -0.25) is 0 Å². The lowest BCUT2D eigenvalue weighted by Crippen LogP contribution is -2.29. The number of para-hydroxylation sites is 4. The molecular formula is C80H55N3. The molecule has 390 valence electrons. The molecule has 3 heteroatoms. The Kier molecular flexibility index (Phi) is 11.3. The van der Waals surface area contributed by atoms with E-state index in [0.29, 0.717) is 0 Å². The van der Waals surface area contributed by atoms with Gasteiger partial charge in [0.1, 0.15) is 0 Å². The summed E-state index contributed by atoms with van der Waals surface area (Å²) >= 11 is 0. The Morgan fingerprint density at radius 2 is 0.614 bits per heavy atom. The molecule has 1 aromatic heterocycles. The molecule has 0 fully saturated rings. The number of anilines is 6. The molecule has 0 saturated heterocycles. The van der Waals surface area contributed by atoms with E-state index in [-0.39, 0.29) is 0 Å². The Hall–Kier alpha value is -10.7. The summed E-state index contributed by atoms with van der Waals surface area (Å²) in [4.78, 5) is 5.01. The van der Waals surface area contributed by atoms with Crippen molar-refractivity contribution in [2.24, 2.45) is 0 Å². The van der Waals surface area contributed by atoms with Gasteiger partial charge >= 0.3 is 0 Å². The summed E-state index contributed by atoms with van der Waals surface area (Å²) in [6, 6.07) is 124. The van der Waals surface area contributed by atoms with E-state index in [0.717, 1.165) is 56.2 Å². The molecule has 16 rings (SSSR count). The van der Waals surface area contributed by atoms with Crippen molar-refractivity contribution in [3.63, 3.8) is 0 Å². The van der Waals surface area contributed by atoms with Gasteiger partial charge in [-0.15, -0.1) is 0 Å². The topological polar surface area (TPSA) is 11.4 Å². The first-order valence-corrected chi connectivity index (χ1v) is 28.8. The van der Waals surface area contributed by atoms with Gasteiger partial charge in [0, 0.05) is 39.2 Å². The van der Waals surface area contributed by atoms with Crippen LogP contribution in [0.1, 0.15) is 44.5 Å². The van der Waals surface area contributed by atoms with Crippen molar-refractivity contribution in [1.29, 1.82) is 0 Å². The summed E-state index contributed by atoms with van der Waals surface area (Å²) in [6.07, 6.45) is 0. The lowest BCUT2D eigenvalue weighted by atomic mass is 9.67. The summed E-state index contributed by atoms with van der Waals surface area (Å²) in [5.74, 6) is 0. The Labute approximate surface area is 484 Å². The van der Waals surface area contributed by atoms with Gasteiger partial charge in [-0.1, -0.05) is 255 Å². The second kappa shape index (κ2) is 19.5. The van der Waals surface area contributed by atoms with Gasteiger partial charge in [0.15, 0.2) is 0 Å². The minimum Gasteiger partial charge on any atom is -0.310 e. The van der Waals surface area contributed by atoms with Crippen LogP contribution in [-0.2, 0) is 10.8 Å². The molecule has 14 aromatic rings. The van der Waals surface area contributed by atoms with Gasteiger partial charge in [0.2, 0.25) is 0 Å². The lowest BCUT2D eigenvalue weighted by Gasteiger charge is -2.36. The van der Waals surface area contributed by atoms with Crippen molar-refractivity contribution in [3.8, 4) is 27.9 Å². The smallest absolute Gasteiger partial charge is 0.0714 e. The molecule has 0 unspecified atom stereocenters. The standard InChI is InChI=1S/C80H55N3/c1-8-28-56(29-9-1)79(57-30-10-2-11-31-57)71-45-25-22-42-66(71)68-50-48-63(52-73(68)79)81(64-49-51-69-67-43-23-26-46-72(67)80(74(69)53-64,58-32-12-3-13-33-58)59-34-14-4-15-35-59)65-54-76(82(60-36-16-5-17-37-60)61-38-18-6-19-39-61)78-70-44-24-27-47-75(70)83(77(78)55-65)62-40-20-7-21-41-62/h1-55H. The maximum atomic E-state index is 2.55. The van der Waals surface area contributed by atoms with Crippen molar-refractivity contribution < 1.29 is 0 Å². The molecule has 0 amide bonds. The average Bonchev–Trinajstić information content (AvgIpc) is 1.93. The number of benzene rings is 13. The Bertz CT molecular complexity index is 4410. The molecule has 0 atom stereocenters. The van der Waals surface area contributed by atoms with Crippen LogP contribution in [0.15, 0.2) is 334 Å². The zero-order valence-corrected chi connectivity index (χ0v) is 45.6. The first-order valence-electron chi connectivity index (χ1n) is 28.8. The number of fused-ring (bicyclic) bond motifs is 9. The molecule has 0 spiro atoms. The van der Waals surface area contributed by atoms with Crippen LogP contribution < -0.4 is 9.80 Å². The van der Waals surface area contributed by atoms with E-state index in [1.807, 2.05) is 0 Å². The SMILES string of the molecule is c1ccc(N(c2ccccc2)c2cc(N(c3ccc4c(c3)C(c3ccccc3)(c3ccccc3)c3ccccc3-4)c3ccc4c(c3)C(c3ccccc3)(c3ccccc3)c3ccccc3-4)cc3c2c2ccccc2n3-c2ccccc2)cc1. The van der Waals surface area contributed by atoms with E-state index in [4.69, 9.17) is 0 Å². The van der Waals surface area contributed by atoms with Crippen molar-refractivity contribution in [1.82, 2.24) is 4.57 Å². The second-order valence-electron chi connectivity index (χ2n) is 21.9. The van der Waals surface area contributed by atoms with E-state index in [1.54, 1.807) is 0 Å². The van der Waals surface area contributed by atoms with Gasteiger partial charge < -0.3 is 14.4 Å². The van der Waals surface area contributed by atoms with Crippen LogP contribution in [0.3, 0.4) is 0 Å². The third-order valence-corrected chi connectivity index (χ3v) is 17.7. The van der Waals surface area contributed by atoms with Crippen molar-refractivity contribution in [3.05, 3.63) is 378 Å². The first kappa shape index (κ1) is 48.2. The molecule has 0 saturated carbocycles. The average molecular weight is 1060 g/mol. The summed E-state index contributed by atoms with van der Waals surface area (Å²) in [7, 11) is 0. The Morgan fingerprint density at radius 1 is 0.241 bits per heavy atom. The number of rotatable bonds is 11. The predicted octanol–water partition coefficient (Wildman–Crippen LogP) is 20.4. The quantitative estimate of drug-likeness (QED) is 0.128. The van der Waals surface area contributed by atoms with Gasteiger partial charge in [-0.25, -0.2) is 0 Å². The molecule has 0 bridgehead atoms. The van der Waals surface area contributed by atoms with E-state index in [9.17, 15) is 0 Å². The van der Waals surface area contributed by atoms with Crippen LogP contribution in [0, 0.1) is 0 Å². The van der Waals surface area contributed by atoms with Gasteiger partial charge in [0.05, 0.1) is 33.2 Å². The van der Waals surface area contributed by atoms with Gasteiger partial charge in [-0.05, 0) is 146 Å². The number of aromatic nitrogens is 1. The summed E-state index contributed by atoms with van der Waals surface area (Å²) < 4.78 is 2.47. The van der Waals surface area contributed by atoms with Gasteiger partial charge in [-0.2, -0.15) is 0 Å². The van der Waals surface area contributed by atoms with E-state index in [2.05, 4.69) is 348 Å². The van der Waals surface area contributed by atoms with Crippen LogP contribution >= 0.6 is 0 Å². The fourth-order valence-electron chi connectivity index (χ4n) is 14.4. The number of hydrogen-bond acceptors (Lipinski definition) is 2. The highest BCUT2D eigenvalue weighted by atomic mass is 15.2. The summed E-state index contributed by atoms with van der Waals surface area (Å²) in [5, 5.41) is 2.34. The largest absolute Gasteiger partial charge is 0.310 e. The number of hydrogen-bond donors (Lipinski definition) is 0. The fraction of sp³-hybridized carbons (Fsp3) is 0.0250. The molecule has 3 nitrogen and oxygen atoms in total. The summed E-state index contributed by atoms with van der Waals surface area (Å²) in [6.45, 7) is 0. The first-order chi connectivity index (χ1) is 41.2. The highest BCUT2D eigenvalue weighted by Crippen LogP contribution is 2.60. The van der Waals surface area contributed by atoms with E-state index in [1.165, 1.54) is 72.1 Å². The lowest BCUT2D eigenvalue weighted by molar-refractivity contribution is 0.767. The van der Waals surface area contributed by atoms with Gasteiger partial charge in [0.25, 0.3) is 0 Å². The highest BCUT2D eigenvalue weighted by molar-refractivity contribution is 6.18. The Morgan fingerprint density at radius 3 is 1.07 bits per heavy atom. The molecule has 1 heterocycles. The second-order valence-corrected chi connectivity index (χ2v) is 21.9. The third kappa shape index (κ3) is 7.31. The zero-order valence-electron chi connectivity index (χ0n) is 45.6. The molecule has 0 aliphatic heterocycles. The molecule has 13 aromatic carbocycles.